The normalized spacial score (nSPS) is 10.8. The van der Waals surface area contributed by atoms with Gasteiger partial charge >= 0.3 is 5.97 Å². The van der Waals surface area contributed by atoms with Crippen LogP contribution in [0.1, 0.15) is 16.3 Å². The second-order valence-electron chi connectivity index (χ2n) is 3.92. The summed E-state index contributed by atoms with van der Waals surface area (Å²) in [5, 5.41) is 13.2. The summed E-state index contributed by atoms with van der Waals surface area (Å²) >= 11 is 0. The van der Waals surface area contributed by atoms with Crippen LogP contribution in [0.3, 0.4) is 0 Å². The standard InChI is InChI=1S/C12H9N5O2/c1-7-14-12-15-9(8-4-2-3-5-13-8)6-10(11(18)19)17(12)16-7/h2-6H,1H3,(H,18,19). The zero-order valence-corrected chi connectivity index (χ0v) is 9.98. The third kappa shape index (κ3) is 1.90. The molecule has 0 aromatic carbocycles. The van der Waals surface area contributed by atoms with E-state index in [1.807, 2.05) is 6.07 Å². The molecule has 0 fully saturated rings. The topological polar surface area (TPSA) is 93.3 Å². The van der Waals surface area contributed by atoms with Gasteiger partial charge in [0.2, 0.25) is 0 Å². The van der Waals surface area contributed by atoms with Crippen LogP contribution in [-0.4, -0.2) is 35.6 Å². The van der Waals surface area contributed by atoms with Crippen LogP contribution in [0.25, 0.3) is 17.2 Å². The highest BCUT2D eigenvalue weighted by Gasteiger charge is 2.15. The fraction of sp³-hybridized carbons (Fsp3) is 0.0833. The summed E-state index contributed by atoms with van der Waals surface area (Å²) in [6, 6.07) is 6.78. The molecule has 0 saturated carbocycles. The van der Waals surface area contributed by atoms with Crippen LogP contribution >= 0.6 is 0 Å². The quantitative estimate of drug-likeness (QED) is 0.739. The number of aromatic carboxylic acids is 1. The maximum absolute atomic E-state index is 11.3. The summed E-state index contributed by atoms with van der Waals surface area (Å²) in [4.78, 5) is 23.8. The lowest BCUT2D eigenvalue weighted by atomic mass is 10.2. The van der Waals surface area contributed by atoms with Gasteiger partial charge in [-0.1, -0.05) is 6.07 Å². The minimum absolute atomic E-state index is 0.00579. The van der Waals surface area contributed by atoms with Gasteiger partial charge in [-0.05, 0) is 25.1 Å². The molecule has 7 heteroatoms. The van der Waals surface area contributed by atoms with Crippen molar-refractivity contribution < 1.29 is 9.90 Å². The summed E-state index contributed by atoms with van der Waals surface area (Å²) in [5.74, 6) is -0.374. The van der Waals surface area contributed by atoms with Crippen molar-refractivity contribution in [3.63, 3.8) is 0 Å². The molecule has 3 heterocycles. The van der Waals surface area contributed by atoms with Crippen molar-refractivity contribution in [2.45, 2.75) is 6.92 Å². The zero-order valence-electron chi connectivity index (χ0n) is 9.98. The molecule has 0 amide bonds. The molecule has 0 atom stereocenters. The predicted molar refractivity (Wildman–Crippen MR) is 65.7 cm³/mol. The minimum atomic E-state index is -1.09. The van der Waals surface area contributed by atoms with Gasteiger partial charge in [-0.25, -0.2) is 9.78 Å². The van der Waals surface area contributed by atoms with Crippen molar-refractivity contribution in [3.05, 3.63) is 42.0 Å². The Kier molecular flexibility index (Phi) is 2.45. The second kappa shape index (κ2) is 4.13. The number of hydrogen-bond acceptors (Lipinski definition) is 5. The Morgan fingerprint density at radius 2 is 2.11 bits per heavy atom. The first-order chi connectivity index (χ1) is 9.15. The summed E-state index contributed by atoms with van der Waals surface area (Å²) in [6.45, 7) is 1.68. The molecular formula is C12H9N5O2. The molecule has 19 heavy (non-hydrogen) atoms. The Balaban J connectivity index is 2.30. The van der Waals surface area contributed by atoms with Crippen LogP contribution in [0.4, 0.5) is 0 Å². The van der Waals surface area contributed by atoms with Crippen molar-refractivity contribution in [1.82, 2.24) is 24.6 Å². The van der Waals surface area contributed by atoms with Crippen LogP contribution in [0, 0.1) is 6.92 Å². The molecule has 3 rings (SSSR count). The number of hydrogen-bond donors (Lipinski definition) is 1. The largest absolute Gasteiger partial charge is 0.477 e. The van der Waals surface area contributed by atoms with Crippen molar-refractivity contribution in [3.8, 4) is 11.4 Å². The van der Waals surface area contributed by atoms with Gasteiger partial charge in [0.05, 0.1) is 11.4 Å². The Labute approximate surface area is 107 Å². The summed E-state index contributed by atoms with van der Waals surface area (Å²) in [5.41, 5.74) is 1.05. The van der Waals surface area contributed by atoms with E-state index in [2.05, 4.69) is 20.1 Å². The lowest BCUT2D eigenvalue weighted by molar-refractivity contribution is 0.0687. The average Bonchev–Trinajstić information content (AvgIpc) is 2.78. The molecule has 3 aromatic rings. The number of carboxylic acids is 1. The van der Waals surface area contributed by atoms with E-state index in [-0.39, 0.29) is 11.5 Å². The van der Waals surface area contributed by atoms with Crippen molar-refractivity contribution in [1.29, 1.82) is 0 Å². The Hall–Kier alpha value is -2.83. The molecule has 0 bridgehead atoms. The highest BCUT2D eigenvalue weighted by atomic mass is 16.4. The van der Waals surface area contributed by atoms with Gasteiger partial charge in [0.15, 0.2) is 5.69 Å². The Morgan fingerprint density at radius 1 is 1.26 bits per heavy atom. The number of pyridine rings is 1. The molecule has 0 aliphatic rings. The van der Waals surface area contributed by atoms with E-state index in [1.165, 1.54) is 10.6 Å². The highest BCUT2D eigenvalue weighted by molar-refractivity contribution is 5.87. The predicted octanol–water partition coefficient (Wildman–Crippen LogP) is 1.19. The van der Waals surface area contributed by atoms with Gasteiger partial charge in [-0.15, -0.1) is 5.10 Å². The smallest absolute Gasteiger partial charge is 0.354 e. The maximum atomic E-state index is 11.3. The van der Waals surface area contributed by atoms with Crippen molar-refractivity contribution >= 4 is 11.7 Å². The fourth-order valence-corrected chi connectivity index (χ4v) is 1.77. The monoisotopic (exact) mass is 255 g/mol. The number of aromatic nitrogens is 5. The van der Waals surface area contributed by atoms with Crippen molar-refractivity contribution in [2.24, 2.45) is 0 Å². The molecule has 0 spiro atoms. The van der Waals surface area contributed by atoms with E-state index >= 15 is 0 Å². The van der Waals surface area contributed by atoms with Gasteiger partial charge in [0.1, 0.15) is 5.82 Å². The van der Waals surface area contributed by atoms with Gasteiger partial charge in [0, 0.05) is 6.20 Å². The first kappa shape index (κ1) is 11.3. The summed E-state index contributed by atoms with van der Waals surface area (Å²) in [6.07, 6.45) is 1.62. The van der Waals surface area contributed by atoms with E-state index in [0.717, 1.165) is 0 Å². The molecule has 3 aromatic heterocycles. The molecule has 0 saturated heterocycles. The molecule has 7 nitrogen and oxygen atoms in total. The van der Waals surface area contributed by atoms with E-state index in [9.17, 15) is 9.90 Å². The van der Waals surface area contributed by atoms with Crippen molar-refractivity contribution in [2.75, 3.05) is 0 Å². The number of aryl methyl sites for hydroxylation is 1. The first-order valence-electron chi connectivity index (χ1n) is 5.54. The van der Waals surface area contributed by atoms with E-state index in [0.29, 0.717) is 17.2 Å². The van der Waals surface area contributed by atoms with Crippen LogP contribution in [0.2, 0.25) is 0 Å². The maximum Gasteiger partial charge on any atom is 0.354 e. The third-order valence-electron chi connectivity index (χ3n) is 2.56. The van der Waals surface area contributed by atoms with Crippen LogP contribution in [0.5, 0.6) is 0 Å². The SMILES string of the molecule is Cc1nc2nc(-c3ccccn3)cc(C(=O)O)n2n1. The van der Waals surface area contributed by atoms with E-state index in [1.54, 1.807) is 25.3 Å². The Bertz CT molecular complexity index is 766. The fourth-order valence-electron chi connectivity index (χ4n) is 1.77. The van der Waals surface area contributed by atoms with Gasteiger partial charge in [-0.2, -0.15) is 9.50 Å². The molecule has 94 valence electrons. The molecule has 0 aliphatic carbocycles. The molecule has 0 aliphatic heterocycles. The van der Waals surface area contributed by atoms with Gasteiger partial charge in [-0.3, -0.25) is 4.98 Å². The number of carboxylic acid groups (broad SMARTS) is 1. The van der Waals surface area contributed by atoms with E-state index in [4.69, 9.17) is 0 Å². The minimum Gasteiger partial charge on any atom is -0.477 e. The molecule has 0 unspecified atom stereocenters. The van der Waals surface area contributed by atoms with Gasteiger partial charge < -0.3 is 5.11 Å². The molecule has 0 radical (unpaired) electrons. The lowest BCUT2D eigenvalue weighted by Gasteiger charge is -2.03. The van der Waals surface area contributed by atoms with Crippen LogP contribution in [0.15, 0.2) is 30.5 Å². The third-order valence-corrected chi connectivity index (χ3v) is 2.56. The summed E-state index contributed by atoms with van der Waals surface area (Å²) in [7, 11) is 0. The number of fused-ring (bicyclic) bond motifs is 1. The molecular weight excluding hydrogens is 246 g/mol. The lowest BCUT2D eigenvalue weighted by Crippen LogP contribution is -2.08. The Morgan fingerprint density at radius 3 is 2.79 bits per heavy atom. The van der Waals surface area contributed by atoms with E-state index < -0.39 is 5.97 Å². The number of nitrogens with zero attached hydrogens (tertiary/aromatic N) is 5. The first-order valence-corrected chi connectivity index (χ1v) is 5.54. The summed E-state index contributed by atoms with van der Waals surface area (Å²) < 4.78 is 1.21. The zero-order chi connectivity index (χ0) is 13.4. The number of carbonyl (C=O) groups is 1. The second-order valence-corrected chi connectivity index (χ2v) is 3.92. The van der Waals surface area contributed by atoms with Gasteiger partial charge in [0.25, 0.3) is 5.78 Å². The van der Waals surface area contributed by atoms with Crippen LogP contribution in [-0.2, 0) is 0 Å². The number of rotatable bonds is 2. The average molecular weight is 255 g/mol. The van der Waals surface area contributed by atoms with Crippen LogP contribution < -0.4 is 0 Å². The highest BCUT2D eigenvalue weighted by Crippen LogP contribution is 2.16. The molecule has 1 N–H and O–H groups in total.